The number of non-ortho nitro benzene ring substituents is 1. The van der Waals surface area contributed by atoms with Crippen molar-refractivity contribution in [1.29, 1.82) is 5.26 Å². The minimum Gasteiger partial charge on any atom is -0.457 e. The number of nitriles is 1. The number of nitrogens with zero attached hydrogens (tertiary/aromatic N) is 3. The molecule has 8 heteroatoms. The largest absolute Gasteiger partial charge is 0.457 e. The number of para-hydroxylation sites is 1. The molecule has 7 nitrogen and oxygen atoms in total. The maximum Gasteiger partial charge on any atom is 0.270 e. The second kappa shape index (κ2) is 8.76. The average Bonchev–Trinajstić information content (AvgIpc) is 2.80. The predicted molar refractivity (Wildman–Crippen MR) is 122 cm³/mol. The van der Waals surface area contributed by atoms with Crippen molar-refractivity contribution in [2.75, 3.05) is 5.73 Å². The lowest BCUT2D eigenvalue weighted by Crippen LogP contribution is -2.00. The summed E-state index contributed by atoms with van der Waals surface area (Å²) >= 11 is 6.30. The summed E-state index contributed by atoms with van der Waals surface area (Å²) in [7, 11) is 0. The fraction of sp³-hybridized carbons (Fsp3) is 0. The Hall–Kier alpha value is -4.41. The van der Waals surface area contributed by atoms with Gasteiger partial charge in [-0.25, -0.2) is 4.98 Å². The molecule has 0 aliphatic heterocycles. The van der Waals surface area contributed by atoms with Crippen molar-refractivity contribution in [3.05, 3.63) is 99.6 Å². The lowest BCUT2D eigenvalue weighted by molar-refractivity contribution is -0.384. The summed E-state index contributed by atoms with van der Waals surface area (Å²) in [5, 5.41) is 21.1. The number of nitro groups is 1. The molecule has 0 unspecified atom stereocenters. The van der Waals surface area contributed by atoms with Gasteiger partial charge in [-0.05, 0) is 48.5 Å². The van der Waals surface area contributed by atoms with E-state index in [0.29, 0.717) is 28.3 Å². The fourth-order valence-electron chi connectivity index (χ4n) is 3.19. The third kappa shape index (κ3) is 4.21. The quantitative estimate of drug-likeness (QED) is 0.289. The summed E-state index contributed by atoms with van der Waals surface area (Å²) in [6.45, 7) is 0. The van der Waals surface area contributed by atoms with Crippen LogP contribution in [-0.2, 0) is 0 Å². The maximum atomic E-state index is 11.2. The van der Waals surface area contributed by atoms with E-state index >= 15 is 0 Å². The number of rotatable bonds is 5. The minimum atomic E-state index is -0.525. The zero-order valence-corrected chi connectivity index (χ0v) is 17.3. The van der Waals surface area contributed by atoms with Crippen molar-refractivity contribution in [3.8, 4) is 40.0 Å². The van der Waals surface area contributed by atoms with E-state index in [9.17, 15) is 15.4 Å². The van der Waals surface area contributed by atoms with Crippen LogP contribution in [0.4, 0.5) is 11.5 Å². The predicted octanol–water partition coefficient (Wildman–Crippen LogP) is 6.22. The van der Waals surface area contributed by atoms with Crippen molar-refractivity contribution < 1.29 is 9.66 Å². The summed E-state index contributed by atoms with van der Waals surface area (Å²) < 4.78 is 5.80. The van der Waals surface area contributed by atoms with E-state index in [0.717, 1.165) is 5.56 Å². The second-order valence-electron chi connectivity index (χ2n) is 6.79. The molecule has 0 saturated heterocycles. The standard InChI is InChI=1S/C24H15ClN4O3/c25-22-11-8-16(29(30)31)12-20(22)19-13-23(28-24(27)21(19)14-26)15-6-9-18(10-7-15)32-17-4-2-1-3-5-17/h1-13H,(H2,27,28). The summed E-state index contributed by atoms with van der Waals surface area (Å²) in [5.74, 6) is 1.36. The molecule has 0 aliphatic carbocycles. The van der Waals surface area contributed by atoms with Crippen molar-refractivity contribution in [2.24, 2.45) is 0 Å². The Balaban J connectivity index is 1.76. The van der Waals surface area contributed by atoms with E-state index in [1.807, 2.05) is 48.5 Å². The summed E-state index contributed by atoms with van der Waals surface area (Å²) in [6, 6.07) is 24.3. The second-order valence-corrected chi connectivity index (χ2v) is 7.20. The van der Waals surface area contributed by atoms with Crippen LogP contribution >= 0.6 is 11.6 Å². The van der Waals surface area contributed by atoms with Crippen LogP contribution in [0.2, 0.25) is 5.02 Å². The normalized spacial score (nSPS) is 10.4. The first kappa shape index (κ1) is 20.8. The summed E-state index contributed by atoms with van der Waals surface area (Å²) in [5.41, 5.74) is 7.92. The van der Waals surface area contributed by atoms with Crippen LogP contribution < -0.4 is 10.5 Å². The highest BCUT2D eigenvalue weighted by molar-refractivity contribution is 6.33. The van der Waals surface area contributed by atoms with Gasteiger partial charge in [-0.15, -0.1) is 0 Å². The monoisotopic (exact) mass is 442 g/mol. The van der Waals surface area contributed by atoms with Crippen LogP contribution in [0.5, 0.6) is 11.5 Å². The SMILES string of the molecule is N#Cc1c(-c2cc([N+](=O)[O-])ccc2Cl)cc(-c2ccc(Oc3ccccc3)cc2)nc1N. The molecule has 0 aliphatic rings. The number of benzene rings is 3. The average molecular weight is 443 g/mol. The third-order valence-electron chi connectivity index (χ3n) is 4.74. The number of halogens is 1. The van der Waals surface area contributed by atoms with Crippen molar-refractivity contribution in [3.63, 3.8) is 0 Å². The van der Waals surface area contributed by atoms with Crippen LogP contribution in [0.3, 0.4) is 0 Å². The Morgan fingerprint density at radius 1 is 0.969 bits per heavy atom. The van der Waals surface area contributed by atoms with Gasteiger partial charge in [-0.2, -0.15) is 5.26 Å². The van der Waals surface area contributed by atoms with E-state index in [2.05, 4.69) is 4.98 Å². The highest BCUT2D eigenvalue weighted by Gasteiger charge is 2.18. The van der Waals surface area contributed by atoms with Gasteiger partial charge in [0.15, 0.2) is 0 Å². The van der Waals surface area contributed by atoms with Crippen LogP contribution in [-0.4, -0.2) is 9.91 Å². The molecule has 0 radical (unpaired) electrons. The maximum absolute atomic E-state index is 11.2. The number of hydrogen-bond donors (Lipinski definition) is 1. The van der Waals surface area contributed by atoms with Gasteiger partial charge < -0.3 is 10.5 Å². The van der Waals surface area contributed by atoms with E-state index < -0.39 is 4.92 Å². The Morgan fingerprint density at radius 2 is 1.66 bits per heavy atom. The molecule has 0 amide bonds. The van der Waals surface area contributed by atoms with Gasteiger partial charge >= 0.3 is 0 Å². The number of ether oxygens (including phenoxy) is 1. The van der Waals surface area contributed by atoms with Crippen LogP contribution in [0.25, 0.3) is 22.4 Å². The lowest BCUT2D eigenvalue weighted by atomic mass is 9.98. The molecule has 0 atom stereocenters. The molecule has 4 rings (SSSR count). The molecular formula is C24H15ClN4O3. The molecule has 0 fully saturated rings. The molecular weight excluding hydrogens is 428 g/mol. The van der Waals surface area contributed by atoms with Gasteiger partial charge in [0.05, 0.1) is 10.6 Å². The molecule has 0 bridgehead atoms. The summed E-state index contributed by atoms with van der Waals surface area (Å²) in [4.78, 5) is 15.0. The zero-order chi connectivity index (χ0) is 22.7. The number of nitrogens with two attached hydrogens (primary N) is 1. The first-order chi connectivity index (χ1) is 15.5. The molecule has 156 valence electrons. The molecule has 3 aromatic carbocycles. The molecule has 2 N–H and O–H groups in total. The van der Waals surface area contributed by atoms with Gasteiger partial charge in [-0.3, -0.25) is 10.1 Å². The molecule has 4 aromatic rings. The highest BCUT2D eigenvalue weighted by atomic mass is 35.5. The number of hydrogen-bond acceptors (Lipinski definition) is 6. The lowest BCUT2D eigenvalue weighted by Gasteiger charge is -2.12. The number of nitro benzene ring substituents is 1. The van der Waals surface area contributed by atoms with Gasteiger partial charge in [0.1, 0.15) is 28.9 Å². The minimum absolute atomic E-state index is 0.00665. The molecule has 0 saturated carbocycles. The van der Waals surface area contributed by atoms with Gasteiger partial charge in [0.2, 0.25) is 0 Å². The van der Waals surface area contributed by atoms with Crippen LogP contribution in [0.15, 0.2) is 78.9 Å². The molecule has 1 heterocycles. The zero-order valence-electron chi connectivity index (χ0n) is 16.5. The topological polar surface area (TPSA) is 115 Å². The Bertz CT molecular complexity index is 1350. The summed E-state index contributed by atoms with van der Waals surface area (Å²) in [6.07, 6.45) is 0. The third-order valence-corrected chi connectivity index (χ3v) is 5.07. The Labute approximate surface area is 188 Å². The first-order valence-electron chi connectivity index (χ1n) is 9.44. The molecule has 1 aromatic heterocycles. The number of pyridine rings is 1. The Kier molecular flexibility index (Phi) is 5.71. The Morgan fingerprint density at radius 3 is 2.31 bits per heavy atom. The van der Waals surface area contributed by atoms with E-state index in [4.69, 9.17) is 22.1 Å². The number of aromatic nitrogens is 1. The molecule has 32 heavy (non-hydrogen) atoms. The van der Waals surface area contributed by atoms with Gasteiger partial charge in [-0.1, -0.05) is 29.8 Å². The molecule has 0 spiro atoms. The van der Waals surface area contributed by atoms with Crippen LogP contribution in [0, 0.1) is 21.4 Å². The first-order valence-corrected chi connectivity index (χ1v) is 9.82. The number of nitrogen functional groups attached to an aromatic ring is 1. The van der Waals surface area contributed by atoms with Crippen LogP contribution in [0.1, 0.15) is 5.56 Å². The van der Waals surface area contributed by atoms with Crippen molar-refractivity contribution >= 4 is 23.1 Å². The fourth-order valence-corrected chi connectivity index (χ4v) is 3.41. The number of anilines is 1. The smallest absolute Gasteiger partial charge is 0.270 e. The van der Waals surface area contributed by atoms with Crippen molar-refractivity contribution in [1.82, 2.24) is 4.98 Å². The highest BCUT2D eigenvalue weighted by Crippen LogP contribution is 2.37. The van der Waals surface area contributed by atoms with Gasteiger partial charge in [0, 0.05) is 33.8 Å². The van der Waals surface area contributed by atoms with E-state index in [-0.39, 0.29) is 22.1 Å². The van der Waals surface area contributed by atoms with E-state index in [1.165, 1.54) is 18.2 Å². The van der Waals surface area contributed by atoms with E-state index in [1.54, 1.807) is 18.2 Å². The van der Waals surface area contributed by atoms with Gasteiger partial charge in [0.25, 0.3) is 5.69 Å². The van der Waals surface area contributed by atoms with Crippen molar-refractivity contribution in [2.45, 2.75) is 0 Å².